The summed E-state index contributed by atoms with van der Waals surface area (Å²) in [5, 5.41) is 3.76. The molecule has 0 spiro atoms. The molecule has 1 N–H and O–H groups in total. The van der Waals surface area contributed by atoms with Crippen molar-refractivity contribution in [3.63, 3.8) is 0 Å². The molecular formula is C17H19NO4S. The zero-order valence-corrected chi connectivity index (χ0v) is 14.2. The predicted molar refractivity (Wildman–Crippen MR) is 90.7 cm³/mol. The van der Waals surface area contributed by atoms with Crippen molar-refractivity contribution in [1.82, 2.24) is 0 Å². The van der Waals surface area contributed by atoms with Crippen LogP contribution in [0.5, 0.6) is 0 Å². The third kappa shape index (κ3) is 3.90. The Labute approximate surface area is 139 Å². The van der Waals surface area contributed by atoms with Gasteiger partial charge in [-0.1, -0.05) is 18.2 Å². The number of hydrogen-bond donors (Lipinski definition) is 1. The average molecular weight is 333 g/mol. The Morgan fingerprint density at radius 2 is 1.65 bits per heavy atom. The average Bonchev–Trinajstić information content (AvgIpc) is 2.85. The number of hydrogen-bond acceptors (Lipinski definition) is 6. The van der Waals surface area contributed by atoms with Crippen LogP contribution < -0.4 is 5.32 Å². The van der Waals surface area contributed by atoms with Gasteiger partial charge in [0.2, 0.25) is 0 Å². The normalized spacial score (nSPS) is 10.2. The topological polar surface area (TPSA) is 64.6 Å². The van der Waals surface area contributed by atoms with Crippen molar-refractivity contribution in [2.45, 2.75) is 20.8 Å². The van der Waals surface area contributed by atoms with E-state index >= 15 is 0 Å². The van der Waals surface area contributed by atoms with Crippen LogP contribution in [-0.4, -0.2) is 25.2 Å². The van der Waals surface area contributed by atoms with Crippen molar-refractivity contribution in [1.29, 1.82) is 0 Å². The molecule has 0 atom stereocenters. The van der Waals surface area contributed by atoms with Gasteiger partial charge < -0.3 is 14.8 Å². The van der Waals surface area contributed by atoms with Gasteiger partial charge in [-0.15, -0.1) is 11.3 Å². The molecule has 2 rings (SSSR count). The first kappa shape index (κ1) is 17.0. The molecule has 23 heavy (non-hydrogen) atoms. The third-order valence-corrected chi connectivity index (χ3v) is 4.31. The van der Waals surface area contributed by atoms with Gasteiger partial charge in [-0.3, -0.25) is 0 Å². The fourth-order valence-electron chi connectivity index (χ4n) is 2.09. The number of nitrogens with one attached hydrogen (secondary N) is 1. The van der Waals surface area contributed by atoms with Crippen molar-refractivity contribution < 1.29 is 19.1 Å². The molecule has 1 heterocycles. The lowest BCUT2D eigenvalue weighted by Crippen LogP contribution is -2.09. The largest absolute Gasteiger partial charge is 0.462 e. The highest BCUT2D eigenvalue weighted by molar-refractivity contribution is 7.18. The SMILES string of the molecule is CCOC(=O)c1sc(Nc2ccccc2)c(C(=O)OCC)c1C. The number of para-hydroxylation sites is 1. The van der Waals surface area contributed by atoms with E-state index in [2.05, 4.69) is 5.32 Å². The number of benzene rings is 1. The fraction of sp³-hybridized carbons (Fsp3) is 0.294. The molecule has 5 nitrogen and oxygen atoms in total. The van der Waals surface area contributed by atoms with Gasteiger partial charge in [0.25, 0.3) is 0 Å². The molecule has 0 amide bonds. The van der Waals surface area contributed by atoms with E-state index < -0.39 is 11.9 Å². The van der Waals surface area contributed by atoms with Gasteiger partial charge in [0, 0.05) is 5.69 Å². The summed E-state index contributed by atoms with van der Waals surface area (Å²) in [6.07, 6.45) is 0. The second kappa shape index (κ2) is 7.78. The zero-order chi connectivity index (χ0) is 16.8. The molecule has 0 fully saturated rings. The van der Waals surface area contributed by atoms with E-state index in [4.69, 9.17) is 9.47 Å². The highest BCUT2D eigenvalue weighted by Crippen LogP contribution is 2.36. The Bertz CT molecular complexity index is 694. The second-order valence-corrected chi connectivity index (χ2v) is 5.71. The van der Waals surface area contributed by atoms with Crippen LogP contribution in [0.3, 0.4) is 0 Å². The summed E-state index contributed by atoms with van der Waals surface area (Å²) in [4.78, 5) is 24.7. The quantitative estimate of drug-likeness (QED) is 0.804. The van der Waals surface area contributed by atoms with Crippen molar-refractivity contribution in [2.75, 3.05) is 18.5 Å². The molecule has 0 aliphatic rings. The Balaban J connectivity index is 2.43. The first-order valence-electron chi connectivity index (χ1n) is 7.38. The highest BCUT2D eigenvalue weighted by atomic mass is 32.1. The number of anilines is 2. The van der Waals surface area contributed by atoms with Crippen LogP contribution in [0.1, 0.15) is 39.4 Å². The Hall–Kier alpha value is -2.34. The van der Waals surface area contributed by atoms with Crippen LogP contribution >= 0.6 is 11.3 Å². The number of esters is 2. The minimum Gasteiger partial charge on any atom is -0.462 e. The van der Waals surface area contributed by atoms with Crippen LogP contribution in [0, 0.1) is 6.92 Å². The van der Waals surface area contributed by atoms with Crippen molar-refractivity contribution in [3.8, 4) is 0 Å². The predicted octanol–water partition coefficient (Wildman–Crippen LogP) is 4.15. The first-order chi connectivity index (χ1) is 11.1. The lowest BCUT2D eigenvalue weighted by Gasteiger charge is -2.07. The van der Waals surface area contributed by atoms with E-state index in [0.29, 0.717) is 21.0 Å². The summed E-state index contributed by atoms with van der Waals surface area (Å²) < 4.78 is 10.2. The molecule has 1 aromatic heterocycles. The summed E-state index contributed by atoms with van der Waals surface area (Å²) in [5.74, 6) is -0.878. The van der Waals surface area contributed by atoms with Gasteiger partial charge in [-0.05, 0) is 38.5 Å². The maximum atomic E-state index is 12.3. The van der Waals surface area contributed by atoms with E-state index in [1.165, 1.54) is 11.3 Å². The highest BCUT2D eigenvalue weighted by Gasteiger charge is 2.26. The van der Waals surface area contributed by atoms with Crippen LogP contribution in [0.2, 0.25) is 0 Å². The van der Waals surface area contributed by atoms with Crippen molar-refractivity contribution in [3.05, 3.63) is 46.3 Å². The third-order valence-electron chi connectivity index (χ3n) is 3.12. The number of carbonyl (C=O) groups is 2. The van der Waals surface area contributed by atoms with Crippen LogP contribution in [-0.2, 0) is 9.47 Å². The summed E-state index contributed by atoms with van der Waals surface area (Å²) in [6.45, 7) is 5.78. The molecule has 2 aromatic rings. The van der Waals surface area contributed by atoms with E-state index in [0.717, 1.165) is 5.69 Å². The standard InChI is InChI=1S/C17H19NO4S/c1-4-21-16(19)13-11(3)14(17(20)22-5-2)23-15(13)18-12-9-7-6-8-10-12/h6-10,18H,4-5H2,1-3H3. The maximum Gasteiger partial charge on any atom is 0.348 e. The van der Waals surface area contributed by atoms with Crippen LogP contribution in [0.4, 0.5) is 10.7 Å². The second-order valence-electron chi connectivity index (χ2n) is 4.69. The molecule has 0 bridgehead atoms. The molecule has 6 heteroatoms. The molecule has 0 unspecified atom stereocenters. The summed E-state index contributed by atoms with van der Waals surface area (Å²) in [7, 11) is 0. The summed E-state index contributed by atoms with van der Waals surface area (Å²) in [6, 6.07) is 9.45. The van der Waals surface area contributed by atoms with Crippen LogP contribution in [0.15, 0.2) is 30.3 Å². The molecular weight excluding hydrogens is 314 g/mol. The van der Waals surface area contributed by atoms with E-state index in [9.17, 15) is 9.59 Å². The first-order valence-corrected chi connectivity index (χ1v) is 8.19. The fourth-order valence-corrected chi connectivity index (χ4v) is 3.20. The van der Waals surface area contributed by atoms with Gasteiger partial charge in [-0.25, -0.2) is 9.59 Å². The van der Waals surface area contributed by atoms with E-state index in [-0.39, 0.29) is 13.2 Å². The summed E-state index contributed by atoms with van der Waals surface area (Å²) >= 11 is 1.20. The van der Waals surface area contributed by atoms with Crippen molar-refractivity contribution >= 4 is 34.0 Å². The minimum absolute atomic E-state index is 0.271. The molecule has 0 aliphatic carbocycles. The monoisotopic (exact) mass is 333 g/mol. The molecule has 0 saturated heterocycles. The zero-order valence-electron chi connectivity index (χ0n) is 13.3. The number of rotatable bonds is 6. The van der Waals surface area contributed by atoms with E-state index in [1.807, 2.05) is 30.3 Å². The smallest absolute Gasteiger partial charge is 0.348 e. The van der Waals surface area contributed by atoms with Crippen molar-refractivity contribution in [2.24, 2.45) is 0 Å². The lowest BCUT2D eigenvalue weighted by molar-refractivity contribution is 0.0527. The van der Waals surface area contributed by atoms with Gasteiger partial charge in [0.1, 0.15) is 9.88 Å². The molecule has 0 aliphatic heterocycles. The number of ether oxygens (including phenoxy) is 2. The number of carbonyl (C=O) groups excluding carboxylic acids is 2. The minimum atomic E-state index is -0.449. The molecule has 122 valence electrons. The van der Waals surface area contributed by atoms with Gasteiger partial charge in [0.15, 0.2) is 0 Å². The van der Waals surface area contributed by atoms with Gasteiger partial charge in [0.05, 0.1) is 18.8 Å². The Morgan fingerprint density at radius 1 is 1.04 bits per heavy atom. The summed E-state index contributed by atoms with van der Waals surface area (Å²) in [5.41, 5.74) is 1.78. The number of thiophene rings is 1. The molecule has 0 saturated carbocycles. The van der Waals surface area contributed by atoms with Crippen LogP contribution in [0.25, 0.3) is 0 Å². The maximum absolute atomic E-state index is 12.3. The molecule has 0 radical (unpaired) electrons. The lowest BCUT2D eigenvalue weighted by atomic mass is 10.1. The molecule has 1 aromatic carbocycles. The Kier molecular flexibility index (Phi) is 5.76. The van der Waals surface area contributed by atoms with Gasteiger partial charge in [-0.2, -0.15) is 0 Å². The van der Waals surface area contributed by atoms with Gasteiger partial charge >= 0.3 is 11.9 Å². The van der Waals surface area contributed by atoms with E-state index in [1.54, 1.807) is 20.8 Å². The Morgan fingerprint density at radius 3 is 2.26 bits per heavy atom.